The Morgan fingerprint density at radius 2 is 2.24 bits per heavy atom. The molecule has 3 N–H and O–H groups in total. The number of aliphatic hydroxyl groups excluding tert-OH is 1. The van der Waals surface area contributed by atoms with Gasteiger partial charge in [0.15, 0.2) is 0 Å². The molecule has 2 rings (SSSR count). The monoisotopic (exact) mass is 305 g/mol. The second kappa shape index (κ2) is 6.43. The molecule has 1 heterocycles. The van der Waals surface area contributed by atoms with Gasteiger partial charge in [0.2, 0.25) is 0 Å². The number of aromatic nitrogens is 2. The number of aliphatic hydroxyl groups is 1. The molecule has 0 spiro atoms. The third kappa shape index (κ3) is 3.84. The predicted octanol–water partition coefficient (Wildman–Crippen LogP) is 1.25. The van der Waals surface area contributed by atoms with Crippen LogP contribution in [0.4, 0.5) is 5.69 Å². The quantitative estimate of drug-likeness (QED) is 0.741. The van der Waals surface area contributed by atoms with E-state index in [1.165, 1.54) is 12.4 Å². The van der Waals surface area contributed by atoms with E-state index in [2.05, 4.69) is 26.8 Å². The second-order valence-electron chi connectivity index (χ2n) is 4.34. The molecule has 0 saturated carbocycles. The molecule has 0 aliphatic heterocycles. The first-order chi connectivity index (χ1) is 10.0. The Morgan fingerprint density at radius 3 is 2.90 bits per heavy atom. The van der Waals surface area contributed by atoms with Crippen molar-refractivity contribution >= 4 is 15.7 Å². The molecule has 0 aliphatic carbocycles. The first-order valence-electron chi connectivity index (χ1n) is 6.25. The zero-order valence-electron chi connectivity index (χ0n) is 11.4. The fraction of sp³-hybridized carbons (Fsp3) is 0.214. The van der Waals surface area contributed by atoms with Gasteiger partial charge in [-0.15, -0.1) is 0 Å². The van der Waals surface area contributed by atoms with Gasteiger partial charge in [-0.2, -0.15) is 5.10 Å². The number of aryl methyl sites for hydroxylation is 1. The van der Waals surface area contributed by atoms with E-state index < -0.39 is 10.0 Å². The summed E-state index contributed by atoms with van der Waals surface area (Å²) < 4.78 is 26.6. The number of nitrogens with zero attached hydrogens (tertiary/aromatic N) is 1. The van der Waals surface area contributed by atoms with Crippen molar-refractivity contribution in [3.8, 4) is 11.8 Å². The number of nitrogens with one attached hydrogen (secondary N) is 2. The predicted molar refractivity (Wildman–Crippen MR) is 79.2 cm³/mol. The number of hydrogen-bond donors (Lipinski definition) is 3. The molecule has 110 valence electrons. The van der Waals surface area contributed by atoms with Crippen molar-refractivity contribution in [1.29, 1.82) is 0 Å². The number of anilines is 1. The minimum Gasteiger partial charge on any atom is -0.395 e. The zero-order valence-corrected chi connectivity index (χ0v) is 12.2. The highest BCUT2D eigenvalue weighted by Crippen LogP contribution is 2.18. The van der Waals surface area contributed by atoms with E-state index in [1.54, 1.807) is 18.2 Å². The van der Waals surface area contributed by atoms with Crippen LogP contribution in [0.5, 0.6) is 0 Å². The van der Waals surface area contributed by atoms with E-state index in [4.69, 9.17) is 5.11 Å². The fourth-order valence-corrected chi connectivity index (χ4v) is 2.59. The number of H-pyrrole nitrogens is 1. The molecule has 2 aromatic rings. The van der Waals surface area contributed by atoms with Crippen LogP contribution in [0.25, 0.3) is 0 Å². The van der Waals surface area contributed by atoms with Crippen molar-refractivity contribution in [2.24, 2.45) is 0 Å². The van der Waals surface area contributed by atoms with Gasteiger partial charge in [-0.25, -0.2) is 8.42 Å². The second-order valence-corrected chi connectivity index (χ2v) is 6.03. The summed E-state index contributed by atoms with van der Waals surface area (Å²) in [6, 6.07) is 5.12. The Labute approximate surface area is 123 Å². The van der Waals surface area contributed by atoms with Crippen molar-refractivity contribution < 1.29 is 13.5 Å². The van der Waals surface area contributed by atoms with E-state index >= 15 is 0 Å². The van der Waals surface area contributed by atoms with E-state index in [1.807, 2.05) is 6.92 Å². The molecule has 21 heavy (non-hydrogen) atoms. The maximum absolute atomic E-state index is 12.1. The Hall–Kier alpha value is -2.30. The van der Waals surface area contributed by atoms with E-state index in [0.717, 1.165) is 11.1 Å². The summed E-state index contributed by atoms with van der Waals surface area (Å²) in [7, 11) is -3.66. The van der Waals surface area contributed by atoms with Crippen LogP contribution in [0.1, 0.15) is 17.5 Å². The summed E-state index contributed by atoms with van der Waals surface area (Å²) in [5, 5.41) is 14.8. The van der Waals surface area contributed by atoms with Crippen LogP contribution in [-0.4, -0.2) is 30.3 Å². The number of sulfonamides is 1. The van der Waals surface area contributed by atoms with Gasteiger partial charge in [-0.3, -0.25) is 9.82 Å². The highest BCUT2D eigenvalue weighted by atomic mass is 32.2. The molecular formula is C14H15N3O3S. The molecule has 0 bridgehead atoms. The van der Waals surface area contributed by atoms with Crippen LogP contribution in [0.15, 0.2) is 35.5 Å². The standard InChI is InChI=1S/C14H15N3O3S/c1-11-5-6-13(8-12(11)4-2-3-7-18)17-21(19,20)14-9-15-16-10-14/h5-6,8-10,17-18H,3,7H2,1H3,(H,15,16). The average molecular weight is 305 g/mol. The Kier molecular flexibility index (Phi) is 4.62. The molecule has 7 heteroatoms. The Balaban J connectivity index is 2.26. The fourth-order valence-electron chi connectivity index (χ4n) is 1.63. The first-order valence-corrected chi connectivity index (χ1v) is 7.73. The van der Waals surface area contributed by atoms with Crippen LogP contribution >= 0.6 is 0 Å². The summed E-state index contributed by atoms with van der Waals surface area (Å²) >= 11 is 0. The molecule has 6 nitrogen and oxygen atoms in total. The topological polar surface area (TPSA) is 95.1 Å². The molecular weight excluding hydrogens is 290 g/mol. The summed E-state index contributed by atoms with van der Waals surface area (Å²) in [5.41, 5.74) is 2.08. The van der Waals surface area contributed by atoms with Gasteiger partial charge in [-0.05, 0) is 24.6 Å². The van der Waals surface area contributed by atoms with E-state index in [0.29, 0.717) is 12.1 Å². The van der Waals surface area contributed by atoms with Crippen molar-refractivity contribution in [2.45, 2.75) is 18.2 Å². The van der Waals surface area contributed by atoms with Gasteiger partial charge in [-0.1, -0.05) is 17.9 Å². The number of hydrogen-bond acceptors (Lipinski definition) is 4. The van der Waals surface area contributed by atoms with Crippen molar-refractivity contribution in [2.75, 3.05) is 11.3 Å². The van der Waals surface area contributed by atoms with Crippen LogP contribution in [0.2, 0.25) is 0 Å². The third-order valence-corrected chi connectivity index (χ3v) is 4.08. The molecule has 1 aromatic carbocycles. The summed E-state index contributed by atoms with van der Waals surface area (Å²) in [4.78, 5) is 0.0657. The van der Waals surface area contributed by atoms with Crippen LogP contribution in [-0.2, 0) is 10.0 Å². The first kappa shape index (κ1) is 15.1. The average Bonchev–Trinajstić information content (AvgIpc) is 2.97. The van der Waals surface area contributed by atoms with Crippen molar-refractivity contribution in [3.05, 3.63) is 41.7 Å². The third-order valence-electron chi connectivity index (χ3n) is 2.73. The SMILES string of the molecule is Cc1ccc(NS(=O)(=O)c2cn[nH]c2)cc1C#CCCO. The number of benzene rings is 1. The van der Waals surface area contributed by atoms with Gasteiger partial charge < -0.3 is 5.11 Å². The lowest BCUT2D eigenvalue weighted by atomic mass is 10.1. The zero-order chi connectivity index (χ0) is 15.3. The van der Waals surface area contributed by atoms with Gasteiger partial charge in [0.1, 0.15) is 4.90 Å². The summed E-state index contributed by atoms with van der Waals surface area (Å²) in [6.45, 7) is 1.89. The smallest absolute Gasteiger partial charge is 0.265 e. The summed E-state index contributed by atoms with van der Waals surface area (Å²) in [6.07, 6.45) is 2.92. The molecule has 0 radical (unpaired) electrons. The molecule has 0 fully saturated rings. The van der Waals surface area contributed by atoms with Crippen LogP contribution in [0.3, 0.4) is 0 Å². The lowest BCUT2D eigenvalue weighted by Crippen LogP contribution is -2.12. The molecule has 1 aromatic heterocycles. The minimum absolute atomic E-state index is 0.00113. The Bertz CT molecular complexity index is 772. The number of rotatable bonds is 4. The van der Waals surface area contributed by atoms with Crippen LogP contribution in [0, 0.1) is 18.8 Å². The van der Waals surface area contributed by atoms with E-state index in [-0.39, 0.29) is 11.5 Å². The lowest BCUT2D eigenvalue weighted by Gasteiger charge is -2.07. The highest BCUT2D eigenvalue weighted by molar-refractivity contribution is 7.92. The van der Waals surface area contributed by atoms with Gasteiger partial charge in [0.25, 0.3) is 10.0 Å². The van der Waals surface area contributed by atoms with Crippen molar-refractivity contribution in [3.63, 3.8) is 0 Å². The Morgan fingerprint density at radius 1 is 1.43 bits per heavy atom. The van der Waals surface area contributed by atoms with Crippen molar-refractivity contribution in [1.82, 2.24) is 10.2 Å². The molecule has 0 aliphatic rings. The maximum Gasteiger partial charge on any atom is 0.265 e. The molecule has 0 saturated heterocycles. The minimum atomic E-state index is -3.66. The van der Waals surface area contributed by atoms with Gasteiger partial charge >= 0.3 is 0 Å². The summed E-state index contributed by atoms with van der Waals surface area (Å²) in [5.74, 6) is 5.73. The number of aromatic amines is 1. The van der Waals surface area contributed by atoms with Crippen LogP contribution < -0.4 is 4.72 Å². The normalized spacial score (nSPS) is 10.8. The molecule has 0 atom stereocenters. The largest absolute Gasteiger partial charge is 0.395 e. The molecule has 0 amide bonds. The lowest BCUT2D eigenvalue weighted by molar-refractivity contribution is 0.305. The maximum atomic E-state index is 12.1. The van der Waals surface area contributed by atoms with E-state index in [9.17, 15) is 8.42 Å². The van der Waals surface area contributed by atoms with Gasteiger partial charge in [0, 0.05) is 18.2 Å². The van der Waals surface area contributed by atoms with Gasteiger partial charge in [0.05, 0.1) is 18.5 Å². The molecule has 0 unspecified atom stereocenters. The highest BCUT2D eigenvalue weighted by Gasteiger charge is 2.15.